The van der Waals surface area contributed by atoms with Crippen molar-refractivity contribution in [2.45, 2.75) is 78.8 Å². The van der Waals surface area contributed by atoms with Crippen LogP contribution in [0.4, 0.5) is 0 Å². The van der Waals surface area contributed by atoms with Gasteiger partial charge in [-0.25, -0.2) is 0 Å². The lowest BCUT2D eigenvalue weighted by Gasteiger charge is -2.47. The number of nitrogens with zero attached hydrogens (tertiary/aromatic N) is 1. The Balaban J connectivity index is 3.13. The van der Waals surface area contributed by atoms with E-state index in [9.17, 15) is 9.59 Å². The standard InChI is InChI=1S/C16H30N2O2/c1-7-12-13(19)17-16(9-3,10-4)14(20)18(12)11-15(5,6)8-2/h12H,7-11H2,1-6H3,(H,17,19). The van der Waals surface area contributed by atoms with Crippen LogP contribution in [0.15, 0.2) is 0 Å². The molecule has 0 bridgehead atoms. The van der Waals surface area contributed by atoms with Crippen LogP contribution in [0.1, 0.15) is 67.2 Å². The predicted molar refractivity (Wildman–Crippen MR) is 81.3 cm³/mol. The summed E-state index contributed by atoms with van der Waals surface area (Å²) in [5, 5.41) is 2.98. The van der Waals surface area contributed by atoms with E-state index in [1.807, 2.05) is 25.7 Å². The van der Waals surface area contributed by atoms with Gasteiger partial charge >= 0.3 is 0 Å². The normalized spacial score (nSPS) is 22.9. The highest BCUT2D eigenvalue weighted by atomic mass is 16.2. The molecule has 1 N–H and O–H groups in total. The van der Waals surface area contributed by atoms with Crippen molar-refractivity contribution in [3.63, 3.8) is 0 Å². The number of piperazine rings is 1. The van der Waals surface area contributed by atoms with Crippen molar-refractivity contribution in [2.24, 2.45) is 5.41 Å². The molecule has 0 aromatic rings. The molecule has 4 heteroatoms. The topological polar surface area (TPSA) is 49.4 Å². The maximum absolute atomic E-state index is 12.9. The highest BCUT2D eigenvalue weighted by Gasteiger charge is 2.49. The number of carbonyl (C=O) groups excluding carboxylic acids is 2. The van der Waals surface area contributed by atoms with E-state index in [4.69, 9.17) is 0 Å². The van der Waals surface area contributed by atoms with E-state index in [2.05, 4.69) is 26.1 Å². The van der Waals surface area contributed by atoms with Crippen LogP contribution < -0.4 is 5.32 Å². The number of carbonyl (C=O) groups is 2. The molecule has 1 aliphatic heterocycles. The first kappa shape index (κ1) is 17.0. The number of rotatable bonds is 6. The number of nitrogens with one attached hydrogen (secondary N) is 1. The van der Waals surface area contributed by atoms with Gasteiger partial charge in [0.25, 0.3) is 0 Å². The fraction of sp³-hybridized carbons (Fsp3) is 0.875. The summed E-state index contributed by atoms with van der Waals surface area (Å²) in [5.74, 6) is 0.0955. The highest BCUT2D eigenvalue weighted by molar-refractivity contribution is 5.99. The van der Waals surface area contributed by atoms with Crippen LogP contribution in [0.5, 0.6) is 0 Å². The largest absolute Gasteiger partial charge is 0.340 e. The molecule has 0 aromatic heterocycles. The van der Waals surface area contributed by atoms with Gasteiger partial charge in [0.1, 0.15) is 11.6 Å². The quantitative estimate of drug-likeness (QED) is 0.814. The summed E-state index contributed by atoms with van der Waals surface area (Å²) in [6.07, 6.45) is 2.95. The molecule has 1 heterocycles. The van der Waals surface area contributed by atoms with Gasteiger partial charge in [0.2, 0.25) is 11.8 Å². The lowest BCUT2D eigenvalue weighted by atomic mass is 9.83. The molecule has 1 saturated heterocycles. The molecule has 116 valence electrons. The van der Waals surface area contributed by atoms with Crippen molar-refractivity contribution in [3.8, 4) is 0 Å². The monoisotopic (exact) mass is 282 g/mol. The van der Waals surface area contributed by atoms with E-state index < -0.39 is 5.54 Å². The van der Waals surface area contributed by atoms with Crippen LogP contribution in [0, 0.1) is 5.41 Å². The molecule has 1 fully saturated rings. The maximum Gasteiger partial charge on any atom is 0.249 e. The second kappa shape index (κ2) is 6.15. The van der Waals surface area contributed by atoms with Gasteiger partial charge in [0, 0.05) is 6.54 Å². The summed E-state index contributed by atoms with van der Waals surface area (Å²) in [4.78, 5) is 27.1. The second-order valence-electron chi connectivity index (χ2n) is 6.65. The molecule has 0 aromatic carbocycles. The zero-order chi connectivity index (χ0) is 15.6. The van der Waals surface area contributed by atoms with Crippen molar-refractivity contribution >= 4 is 11.8 Å². The molecular formula is C16H30N2O2. The van der Waals surface area contributed by atoms with Gasteiger partial charge < -0.3 is 10.2 Å². The van der Waals surface area contributed by atoms with E-state index in [1.165, 1.54) is 0 Å². The molecule has 1 rings (SSSR count). The average Bonchev–Trinajstić information content (AvgIpc) is 2.42. The Kier molecular flexibility index (Phi) is 5.22. The highest BCUT2D eigenvalue weighted by Crippen LogP contribution is 2.30. The Morgan fingerprint density at radius 3 is 2.10 bits per heavy atom. The molecule has 0 spiro atoms. The zero-order valence-corrected chi connectivity index (χ0v) is 13.9. The Labute approximate surface area is 123 Å². The number of hydrogen-bond donors (Lipinski definition) is 1. The molecule has 0 saturated carbocycles. The van der Waals surface area contributed by atoms with Gasteiger partial charge in [-0.2, -0.15) is 0 Å². The first-order valence-corrected chi connectivity index (χ1v) is 7.90. The minimum absolute atomic E-state index is 0.00250. The summed E-state index contributed by atoms with van der Waals surface area (Å²) in [7, 11) is 0. The van der Waals surface area contributed by atoms with Gasteiger partial charge in [-0.1, -0.05) is 41.5 Å². The van der Waals surface area contributed by atoms with Crippen molar-refractivity contribution < 1.29 is 9.59 Å². The fourth-order valence-corrected chi connectivity index (χ4v) is 2.82. The first-order chi connectivity index (χ1) is 9.26. The van der Waals surface area contributed by atoms with E-state index in [1.54, 1.807) is 0 Å². The average molecular weight is 282 g/mol. The second-order valence-corrected chi connectivity index (χ2v) is 6.65. The van der Waals surface area contributed by atoms with Crippen molar-refractivity contribution in [1.82, 2.24) is 10.2 Å². The van der Waals surface area contributed by atoms with E-state index in [0.29, 0.717) is 25.8 Å². The lowest BCUT2D eigenvalue weighted by Crippen LogP contribution is -2.70. The molecule has 0 radical (unpaired) electrons. The van der Waals surface area contributed by atoms with Crippen LogP contribution in [0.25, 0.3) is 0 Å². The van der Waals surface area contributed by atoms with E-state index >= 15 is 0 Å². The van der Waals surface area contributed by atoms with Crippen LogP contribution in [-0.4, -0.2) is 34.8 Å². The maximum atomic E-state index is 12.9. The van der Waals surface area contributed by atoms with E-state index in [0.717, 1.165) is 6.42 Å². The van der Waals surface area contributed by atoms with Gasteiger partial charge in [-0.05, 0) is 31.1 Å². The smallest absolute Gasteiger partial charge is 0.249 e. The molecule has 0 aliphatic carbocycles. The SMILES string of the molecule is CCC1C(=O)NC(CC)(CC)C(=O)N1CC(C)(C)CC. The molecule has 1 atom stereocenters. The van der Waals surface area contributed by atoms with Crippen LogP contribution in [0.3, 0.4) is 0 Å². The molecule has 1 aliphatic rings. The van der Waals surface area contributed by atoms with E-state index in [-0.39, 0.29) is 23.3 Å². The third-order valence-electron chi connectivity index (χ3n) is 4.86. The molecule has 2 amide bonds. The number of amides is 2. The lowest BCUT2D eigenvalue weighted by molar-refractivity contribution is -0.157. The summed E-state index contributed by atoms with van der Waals surface area (Å²) in [5.41, 5.74) is -0.666. The van der Waals surface area contributed by atoms with Crippen molar-refractivity contribution in [1.29, 1.82) is 0 Å². The van der Waals surface area contributed by atoms with Gasteiger partial charge in [-0.3, -0.25) is 9.59 Å². The summed E-state index contributed by atoms with van der Waals surface area (Å²) < 4.78 is 0. The fourth-order valence-electron chi connectivity index (χ4n) is 2.82. The Morgan fingerprint density at radius 2 is 1.70 bits per heavy atom. The van der Waals surface area contributed by atoms with Crippen LogP contribution in [0.2, 0.25) is 0 Å². The Bertz CT molecular complexity index is 373. The summed E-state index contributed by atoms with van der Waals surface area (Å²) in [6.45, 7) is 13.0. The third-order valence-corrected chi connectivity index (χ3v) is 4.86. The van der Waals surface area contributed by atoms with Crippen molar-refractivity contribution in [3.05, 3.63) is 0 Å². The van der Waals surface area contributed by atoms with Crippen LogP contribution in [-0.2, 0) is 9.59 Å². The predicted octanol–water partition coefficient (Wildman–Crippen LogP) is 2.72. The third kappa shape index (κ3) is 2.99. The summed E-state index contributed by atoms with van der Waals surface area (Å²) >= 11 is 0. The minimum atomic E-state index is -0.702. The molecule has 4 nitrogen and oxygen atoms in total. The summed E-state index contributed by atoms with van der Waals surface area (Å²) in [6, 6.07) is -0.320. The number of hydrogen-bond acceptors (Lipinski definition) is 2. The first-order valence-electron chi connectivity index (χ1n) is 7.90. The van der Waals surface area contributed by atoms with Gasteiger partial charge in [0.15, 0.2) is 0 Å². The van der Waals surface area contributed by atoms with Gasteiger partial charge in [-0.15, -0.1) is 0 Å². The zero-order valence-electron chi connectivity index (χ0n) is 13.9. The molecule has 1 unspecified atom stereocenters. The molecular weight excluding hydrogens is 252 g/mol. The van der Waals surface area contributed by atoms with Crippen LogP contribution >= 0.6 is 0 Å². The van der Waals surface area contributed by atoms with Crippen molar-refractivity contribution in [2.75, 3.05) is 6.54 Å². The minimum Gasteiger partial charge on any atom is -0.340 e. The Hall–Kier alpha value is -1.06. The molecule has 20 heavy (non-hydrogen) atoms. The van der Waals surface area contributed by atoms with Gasteiger partial charge in [0.05, 0.1) is 0 Å². The Morgan fingerprint density at radius 1 is 1.15 bits per heavy atom.